The first-order valence-corrected chi connectivity index (χ1v) is 10.5. The third-order valence-electron chi connectivity index (χ3n) is 3.10. The number of benzene rings is 1. The molecule has 0 radical (unpaired) electrons. The van der Waals surface area contributed by atoms with Gasteiger partial charge < -0.3 is 10.6 Å². The van der Waals surface area contributed by atoms with E-state index in [0.29, 0.717) is 11.4 Å². The Kier molecular flexibility index (Phi) is 8.34. The molecule has 2 N–H and O–H groups in total. The van der Waals surface area contributed by atoms with Crippen LogP contribution in [0.1, 0.15) is 18.4 Å². The SMILES string of the molecule is CN=C(NCCCCSC)NCc1ccc(S(C)(=O)=O)cc1. The molecule has 7 heteroatoms. The predicted octanol–water partition coefficient (Wildman–Crippen LogP) is 1.90. The van der Waals surface area contributed by atoms with Crippen molar-refractivity contribution in [2.24, 2.45) is 4.99 Å². The first-order chi connectivity index (χ1) is 10.5. The molecule has 1 rings (SSSR count). The number of hydrogen-bond donors (Lipinski definition) is 2. The molecule has 22 heavy (non-hydrogen) atoms. The Bertz CT molecular complexity index is 569. The summed E-state index contributed by atoms with van der Waals surface area (Å²) in [6.45, 7) is 1.50. The van der Waals surface area contributed by atoms with Gasteiger partial charge in [-0.25, -0.2) is 8.42 Å². The van der Waals surface area contributed by atoms with Crippen LogP contribution in [0.15, 0.2) is 34.2 Å². The average Bonchev–Trinajstić information content (AvgIpc) is 2.49. The van der Waals surface area contributed by atoms with Crippen LogP contribution in [0.5, 0.6) is 0 Å². The summed E-state index contributed by atoms with van der Waals surface area (Å²) in [5.41, 5.74) is 1.01. The maximum Gasteiger partial charge on any atom is 0.191 e. The van der Waals surface area contributed by atoms with Gasteiger partial charge in [-0.3, -0.25) is 4.99 Å². The Labute approximate surface area is 137 Å². The summed E-state index contributed by atoms with van der Waals surface area (Å²) in [6, 6.07) is 6.89. The minimum Gasteiger partial charge on any atom is -0.356 e. The van der Waals surface area contributed by atoms with Gasteiger partial charge in [0.1, 0.15) is 0 Å². The van der Waals surface area contributed by atoms with Crippen molar-refractivity contribution in [2.45, 2.75) is 24.3 Å². The highest BCUT2D eigenvalue weighted by atomic mass is 32.2. The maximum atomic E-state index is 11.4. The number of nitrogens with zero attached hydrogens (tertiary/aromatic N) is 1. The summed E-state index contributed by atoms with van der Waals surface area (Å²) in [5, 5.41) is 6.49. The molecule has 124 valence electrons. The second-order valence-corrected chi connectivity index (χ2v) is 7.97. The molecule has 0 bridgehead atoms. The van der Waals surface area contributed by atoms with Gasteiger partial charge in [0.15, 0.2) is 15.8 Å². The summed E-state index contributed by atoms with van der Waals surface area (Å²) in [6.07, 6.45) is 5.63. The number of nitrogens with one attached hydrogen (secondary N) is 2. The highest BCUT2D eigenvalue weighted by Crippen LogP contribution is 2.10. The normalized spacial score (nSPS) is 12.2. The molecule has 1 aromatic carbocycles. The van der Waals surface area contributed by atoms with Gasteiger partial charge in [-0.2, -0.15) is 11.8 Å². The van der Waals surface area contributed by atoms with E-state index in [1.54, 1.807) is 19.2 Å². The molecular formula is C15H25N3O2S2. The number of aliphatic imine (C=N–C) groups is 1. The molecule has 0 spiro atoms. The summed E-state index contributed by atoms with van der Waals surface area (Å²) in [5.74, 6) is 1.94. The Morgan fingerprint density at radius 1 is 1.18 bits per heavy atom. The van der Waals surface area contributed by atoms with Gasteiger partial charge in [0, 0.05) is 26.4 Å². The fourth-order valence-electron chi connectivity index (χ4n) is 1.84. The van der Waals surface area contributed by atoms with Crippen molar-refractivity contribution in [3.05, 3.63) is 29.8 Å². The molecule has 0 saturated carbocycles. The number of thioether (sulfide) groups is 1. The lowest BCUT2D eigenvalue weighted by Crippen LogP contribution is -2.37. The van der Waals surface area contributed by atoms with E-state index in [1.807, 2.05) is 23.9 Å². The lowest BCUT2D eigenvalue weighted by atomic mass is 10.2. The quantitative estimate of drug-likeness (QED) is 0.429. The zero-order chi connectivity index (χ0) is 16.4. The van der Waals surface area contributed by atoms with Gasteiger partial charge in [0.25, 0.3) is 0 Å². The topological polar surface area (TPSA) is 70.6 Å². The standard InChI is InChI=1S/C15H25N3O2S2/c1-16-15(17-10-4-5-11-21-2)18-12-13-6-8-14(9-7-13)22(3,19)20/h6-9H,4-5,10-12H2,1-3H3,(H2,16,17,18). The van der Waals surface area contributed by atoms with Crippen molar-refractivity contribution in [3.8, 4) is 0 Å². The second-order valence-electron chi connectivity index (χ2n) is 4.97. The zero-order valence-corrected chi connectivity index (χ0v) is 15.1. The average molecular weight is 344 g/mol. The Hall–Kier alpha value is -1.21. The molecule has 0 fully saturated rings. The van der Waals surface area contributed by atoms with Crippen LogP contribution in [-0.4, -0.2) is 46.2 Å². The minimum atomic E-state index is -3.13. The predicted molar refractivity (Wildman–Crippen MR) is 95.4 cm³/mol. The van der Waals surface area contributed by atoms with Crippen LogP contribution >= 0.6 is 11.8 Å². The summed E-state index contributed by atoms with van der Waals surface area (Å²) >= 11 is 1.86. The molecule has 5 nitrogen and oxygen atoms in total. The number of hydrogen-bond acceptors (Lipinski definition) is 4. The van der Waals surface area contributed by atoms with Crippen molar-refractivity contribution in [1.82, 2.24) is 10.6 Å². The van der Waals surface area contributed by atoms with Crippen LogP contribution in [0.25, 0.3) is 0 Å². The highest BCUT2D eigenvalue weighted by molar-refractivity contribution is 7.98. The van der Waals surface area contributed by atoms with E-state index in [4.69, 9.17) is 0 Å². The van der Waals surface area contributed by atoms with Gasteiger partial charge in [-0.15, -0.1) is 0 Å². The molecule has 0 unspecified atom stereocenters. The number of guanidine groups is 1. The van der Waals surface area contributed by atoms with E-state index in [-0.39, 0.29) is 0 Å². The smallest absolute Gasteiger partial charge is 0.191 e. The zero-order valence-electron chi connectivity index (χ0n) is 13.4. The third-order valence-corrected chi connectivity index (χ3v) is 4.93. The van der Waals surface area contributed by atoms with Crippen molar-refractivity contribution in [2.75, 3.05) is 31.9 Å². The Morgan fingerprint density at radius 2 is 1.86 bits per heavy atom. The van der Waals surface area contributed by atoms with E-state index < -0.39 is 9.84 Å². The molecule has 0 aliphatic heterocycles. The highest BCUT2D eigenvalue weighted by Gasteiger charge is 2.06. The second kappa shape index (κ2) is 9.74. The van der Waals surface area contributed by atoms with Crippen LogP contribution < -0.4 is 10.6 Å². The van der Waals surface area contributed by atoms with E-state index in [1.165, 1.54) is 18.4 Å². The first kappa shape index (κ1) is 18.8. The van der Waals surface area contributed by atoms with Crippen molar-refractivity contribution in [1.29, 1.82) is 0 Å². The van der Waals surface area contributed by atoms with Crippen LogP contribution in [0.4, 0.5) is 0 Å². The number of sulfone groups is 1. The molecule has 1 aromatic rings. The lowest BCUT2D eigenvalue weighted by molar-refractivity contribution is 0.602. The summed E-state index contributed by atoms with van der Waals surface area (Å²) in [4.78, 5) is 4.51. The molecule has 0 saturated heterocycles. The molecular weight excluding hydrogens is 318 g/mol. The van der Waals surface area contributed by atoms with Gasteiger partial charge >= 0.3 is 0 Å². The maximum absolute atomic E-state index is 11.4. The van der Waals surface area contributed by atoms with Crippen molar-refractivity contribution >= 4 is 27.6 Å². The van der Waals surface area contributed by atoms with E-state index in [2.05, 4.69) is 21.9 Å². The summed E-state index contributed by atoms with van der Waals surface area (Å²) in [7, 11) is -1.39. The van der Waals surface area contributed by atoms with E-state index >= 15 is 0 Å². The van der Waals surface area contributed by atoms with Crippen LogP contribution in [0.3, 0.4) is 0 Å². The molecule has 0 aliphatic carbocycles. The molecule has 0 heterocycles. The number of rotatable bonds is 8. The fraction of sp³-hybridized carbons (Fsp3) is 0.533. The molecule has 0 aromatic heterocycles. The van der Waals surface area contributed by atoms with Gasteiger partial charge in [0.05, 0.1) is 4.90 Å². The monoisotopic (exact) mass is 343 g/mol. The van der Waals surface area contributed by atoms with Crippen LogP contribution in [0.2, 0.25) is 0 Å². The summed E-state index contributed by atoms with van der Waals surface area (Å²) < 4.78 is 22.8. The van der Waals surface area contributed by atoms with Crippen molar-refractivity contribution in [3.63, 3.8) is 0 Å². The fourth-order valence-corrected chi connectivity index (χ4v) is 2.96. The lowest BCUT2D eigenvalue weighted by Gasteiger charge is -2.12. The third kappa shape index (κ3) is 7.17. The Morgan fingerprint density at radius 3 is 2.41 bits per heavy atom. The van der Waals surface area contributed by atoms with E-state index in [9.17, 15) is 8.42 Å². The Balaban J connectivity index is 2.40. The molecule has 0 atom stereocenters. The minimum absolute atomic E-state index is 0.340. The van der Waals surface area contributed by atoms with Gasteiger partial charge in [-0.1, -0.05) is 12.1 Å². The van der Waals surface area contributed by atoms with Gasteiger partial charge in [0.2, 0.25) is 0 Å². The number of unbranched alkanes of at least 4 members (excludes halogenated alkanes) is 1. The largest absolute Gasteiger partial charge is 0.356 e. The van der Waals surface area contributed by atoms with Crippen LogP contribution in [0, 0.1) is 0 Å². The van der Waals surface area contributed by atoms with Gasteiger partial charge in [-0.05, 0) is 42.5 Å². The molecule has 0 amide bonds. The molecule has 0 aliphatic rings. The van der Waals surface area contributed by atoms with Crippen LogP contribution in [-0.2, 0) is 16.4 Å². The first-order valence-electron chi connectivity index (χ1n) is 7.20. The van der Waals surface area contributed by atoms with Crippen molar-refractivity contribution < 1.29 is 8.42 Å². The van der Waals surface area contributed by atoms with E-state index in [0.717, 1.165) is 24.5 Å².